The fraction of sp³-hybridized carbons (Fsp3) is 0.188. The predicted octanol–water partition coefficient (Wildman–Crippen LogP) is 5.34. The van der Waals surface area contributed by atoms with E-state index < -0.39 is 0 Å². The zero-order valence-corrected chi connectivity index (χ0v) is 15.0. The van der Waals surface area contributed by atoms with E-state index >= 15 is 0 Å². The van der Waals surface area contributed by atoms with Crippen LogP contribution in [0.4, 0.5) is 0 Å². The highest BCUT2D eigenvalue weighted by Gasteiger charge is 2.18. The van der Waals surface area contributed by atoms with Crippen LogP contribution in [-0.2, 0) is 11.3 Å². The van der Waals surface area contributed by atoms with Crippen molar-refractivity contribution in [1.82, 2.24) is 4.57 Å². The maximum Gasteiger partial charge on any atom is 0.355 e. The maximum atomic E-state index is 12.2. The van der Waals surface area contributed by atoms with Crippen LogP contribution in [0.25, 0.3) is 10.2 Å². The molecule has 0 aliphatic rings. The number of carbonyl (C=O) groups is 1. The third-order valence-electron chi connectivity index (χ3n) is 3.27. The van der Waals surface area contributed by atoms with Crippen LogP contribution in [0, 0.1) is 0 Å². The highest BCUT2D eigenvalue weighted by molar-refractivity contribution is 9.11. The fourth-order valence-corrected chi connectivity index (χ4v) is 4.15. The molecule has 0 atom stereocenters. The first-order valence-corrected chi connectivity index (χ1v) is 8.77. The summed E-state index contributed by atoms with van der Waals surface area (Å²) in [5.41, 5.74) is 2.62. The van der Waals surface area contributed by atoms with E-state index in [1.165, 1.54) is 0 Å². The monoisotopic (exact) mass is 397 g/mol. The van der Waals surface area contributed by atoms with Crippen LogP contribution < -0.4 is 0 Å². The van der Waals surface area contributed by atoms with Crippen molar-refractivity contribution in [3.63, 3.8) is 0 Å². The summed E-state index contributed by atoms with van der Waals surface area (Å²) in [6.45, 7) is 2.74. The number of benzene rings is 1. The lowest BCUT2D eigenvalue weighted by molar-refractivity contribution is 0.0515. The van der Waals surface area contributed by atoms with Gasteiger partial charge in [-0.1, -0.05) is 23.7 Å². The van der Waals surface area contributed by atoms with Crippen molar-refractivity contribution in [3.05, 3.63) is 56.5 Å². The number of hydrogen-bond acceptors (Lipinski definition) is 3. The van der Waals surface area contributed by atoms with E-state index in [4.69, 9.17) is 16.3 Å². The summed E-state index contributed by atoms with van der Waals surface area (Å²) in [4.78, 5) is 12.2. The Morgan fingerprint density at radius 3 is 2.91 bits per heavy atom. The molecular formula is C16H13BrClNO2S. The molecular weight excluding hydrogens is 386 g/mol. The molecule has 0 spiro atoms. The Hall–Kier alpha value is -1.30. The average molecular weight is 399 g/mol. The molecule has 0 aliphatic heterocycles. The van der Waals surface area contributed by atoms with Crippen molar-refractivity contribution < 1.29 is 9.53 Å². The number of thiophene rings is 1. The summed E-state index contributed by atoms with van der Waals surface area (Å²) in [6.07, 6.45) is 0. The molecule has 3 nitrogen and oxygen atoms in total. The second kappa shape index (κ2) is 6.44. The second-order valence-electron chi connectivity index (χ2n) is 4.77. The molecule has 114 valence electrons. The number of fused-ring (bicyclic) bond motifs is 1. The van der Waals surface area contributed by atoms with Crippen LogP contribution >= 0.6 is 38.9 Å². The summed E-state index contributed by atoms with van der Waals surface area (Å²) in [5.74, 6) is -0.302. The lowest BCUT2D eigenvalue weighted by atomic mass is 10.2. The Kier molecular flexibility index (Phi) is 4.57. The van der Waals surface area contributed by atoms with Gasteiger partial charge in [-0.25, -0.2) is 4.79 Å². The highest BCUT2D eigenvalue weighted by atomic mass is 79.9. The summed E-state index contributed by atoms with van der Waals surface area (Å²) in [5, 5.41) is 0.685. The molecule has 0 N–H and O–H groups in total. The van der Waals surface area contributed by atoms with Crippen LogP contribution in [0.3, 0.4) is 0 Å². The van der Waals surface area contributed by atoms with Crippen LogP contribution in [0.5, 0.6) is 0 Å². The number of carbonyl (C=O) groups excluding carboxylic acids is 1. The summed E-state index contributed by atoms with van der Waals surface area (Å²) in [7, 11) is 0. The van der Waals surface area contributed by atoms with Gasteiger partial charge in [0.25, 0.3) is 0 Å². The fourth-order valence-electron chi connectivity index (χ4n) is 2.37. The summed E-state index contributed by atoms with van der Waals surface area (Å²) in [6, 6.07) is 11.5. The minimum absolute atomic E-state index is 0.302. The molecule has 6 heteroatoms. The Morgan fingerprint density at radius 2 is 2.18 bits per heavy atom. The van der Waals surface area contributed by atoms with Crippen LogP contribution in [0.2, 0.25) is 5.02 Å². The standard InChI is InChI=1S/C16H13BrClNO2S/c1-2-21-16(20)13-7-14-12(8-15(17)22-14)19(13)9-10-4-3-5-11(18)6-10/h3-8H,2,9H2,1H3. The van der Waals surface area contributed by atoms with Crippen molar-refractivity contribution in [1.29, 1.82) is 0 Å². The first-order valence-electron chi connectivity index (χ1n) is 6.78. The Balaban J connectivity index is 2.08. The van der Waals surface area contributed by atoms with Crippen LogP contribution in [0.15, 0.2) is 40.2 Å². The molecule has 2 heterocycles. The number of nitrogens with zero attached hydrogens (tertiary/aromatic N) is 1. The van der Waals surface area contributed by atoms with E-state index in [1.54, 1.807) is 18.3 Å². The third-order valence-corrected chi connectivity index (χ3v) is 5.08. The second-order valence-corrected chi connectivity index (χ2v) is 7.67. The molecule has 3 rings (SSSR count). The van der Waals surface area contributed by atoms with Gasteiger partial charge in [-0.2, -0.15) is 0 Å². The third kappa shape index (κ3) is 3.07. The minimum atomic E-state index is -0.302. The van der Waals surface area contributed by atoms with Crippen molar-refractivity contribution in [3.8, 4) is 0 Å². The quantitative estimate of drug-likeness (QED) is 0.555. The predicted molar refractivity (Wildman–Crippen MR) is 94.0 cm³/mol. The molecule has 2 aromatic heterocycles. The molecule has 0 saturated heterocycles. The first kappa shape index (κ1) is 15.6. The van der Waals surface area contributed by atoms with E-state index in [9.17, 15) is 4.79 Å². The van der Waals surface area contributed by atoms with Gasteiger partial charge in [0.15, 0.2) is 0 Å². The number of rotatable bonds is 4. The van der Waals surface area contributed by atoms with E-state index in [0.29, 0.717) is 23.9 Å². The number of ether oxygens (including phenoxy) is 1. The molecule has 3 aromatic rings. The van der Waals surface area contributed by atoms with E-state index in [0.717, 1.165) is 19.6 Å². The Bertz CT molecular complexity index is 840. The van der Waals surface area contributed by atoms with Crippen molar-refractivity contribution in [2.45, 2.75) is 13.5 Å². The zero-order valence-electron chi connectivity index (χ0n) is 11.8. The molecule has 0 fully saturated rings. The van der Waals surface area contributed by atoms with Gasteiger partial charge in [0, 0.05) is 11.6 Å². The minimum Gasteiger partial charge on any atom is -0.461 e. The summed E-state index contributed by atoms with van der Waals surface area (Å²) >= 11 is 11.1. The van der Waals surface area contributed by atoms with Gasteiger partial charge in [-0.3, -0.25) is 0 Å². The van der Waals surface area contributed by atoms with Crippen molar-refractivity contribution >= 4 is 55.1 Å². The number of halogens is 2. The molecule has 0 saturated carbocycles. The van der Waals surface area contributed by atoms with E-state index in [-0.39, 0.29) is 5.97 Å². The maximum absolute atomic E-state index is 12.2. The summed E-state index contributed by atoms with van der Waals surface area (Å²) < 4.78 is 9.23. The van der Waals surface area contributed by atoms with E-state index in [1.807, 2.05) is 41.0 Å². The molecule has 1 aromatic carbocycles. The molecule has 0 aliphatic carbocycles. The largest absolute Gasteiger partial charge is 0.461 e. The van der Waals surface area contributed by atoms with Gasteiger partial charge in [-0.05, 0) is 52.7 Å². The molecule has 0 unspecified atom stereocenters. The van der Waals surface area contributed by atoms with Crippen LogP contribution in [-0.4, -0.2) is 17.1 Å². The van der Waals surface area contributed by atoms with Gasteiger partial charge in [0.05, 0.1) is 20.6 Å². The lowest BCUT2D eigenvalue weighted by Crippen LogP contribution is -2.12. The van der Waals surface area contributed by atoms with Crippen molar-refractivity contribution in [2.24, 2.45) is 0 Å². The van der Waals surface area contributed by atoms with Crippen LogP contribution in [0.1, 0.15) is 23.0 Å². The molecule has 0 amide bonds. The number of hydrogen-bond donors (Lipinski definition) is 0. The highest BCUT2D eigenvalue weighted by Crippen LogP contribution is 2.33. The SMILES string of the molecule is CCOC(=O)c1cc2sc(Br)cc2n1Cc1cccc(Cl)c1. The Morgan fingerprint density at radius 1 is 1.36 bits per heavy atom. The van der Waals surface area contributed by atoms with Crippen molar-refractivity contribution in [2.75, 3.05) is 6.61 Å². The van der Waals surface area contributed by atoms with Gasteiger partial charge in [0.2, 0.25) is 0 Å². The Labute approximate surface area is 145 Å². The van der Waals surface area contributed by atoms with E-state index in [2.05, 4.69) is 15.9 Å². The lowest BCUT2D eigenvalue weighted by Gasteiger charge is -2.10. The first-order chi connectivity index (χ1) is 10.6. The molecule has 0 radical (unpaired) electrons. The average Bonchev–Trinajstić information content (AvgIpc) is 2.97. The number of esters is 1. The molecule has 22 heavy (non-hydrogen) atoms. The zero-order chi connectivity index (χ0) is 15.7. The smallest absolute Gasteiger partial charge is 0.355 e. The number of aromatic nitrogens is 1. The van der Waals surface area contributed by atoms with Gasteiger partial charge in [-0.15, -0.1) is 11.3 Å². The van der Waals surface area contributed by atoms with Gasteiger partial charge in [0.1, 0.15) is 5.69 Å². The molecule has 0 bridgehead atoms. The van der Waals surface area contributed by atoms with Gasteiger partial charge >= 0.3 is 5.97 Å². The van der Waals surface area contributed by atoms with Gasteiger partial charge < -0.3 is 9.30 Å². The normalized spacial score (nSPS) is 11.0. The topological polar surface area (TPSA) is 31.2 Å².